The summed E-state index contributed by atoms with van der Waals surface area (Å²) >= 11 is 0. The van der Waals surface area contributed by atoms with Crippen LogP contribution in [-0.4, -0.2) is 43.3 Å². The van der Waals surface area contributed by atoms with Crippen LogP contribution in [0.25, 0.3) is 0 Å². The lowest BCUT2D eigenvalue weighted by Gasteiger charge is -2.32. The number of halogens is 1. The molecule has 4 nitrogen and oxygen atoms in total. The molecule has 0 aliphatic carbocycles. The fourth-order valence-corrected chi connectivity index (χ4v) is 3.63. The molecule has 1 saturated heterocycles. The summed E-state index contributed by atoms with van der Waals surface area (Å²) in [4.78, 5) is 26.6. The van der Waals surface area contributed by atoms with Crippen molar-refractivity contribution in [2.45, 2.75) is 58.3 Å². The summed E-state index contributed by atoms with van der Waals surface area (Å²) in [5.41, 5.74) is 2.01. The van der Waals surface area contributed by atoms with Gasteiger partial charge in [-0.25, -0.2) is 0 Å². The molecule has 1 N–H and O–H groups in total. The summed E-state index contributed by atoms with van der Waals surface area (Å²) in [6.07, 6.45) is 7.48. The van der Waals surface area contributed by atoms with Crippen LogP contribution in [0.1, 0.15) is 67.8 Å². The first-order chi connectivity index (χ1) is 12.6. The van der Waals surface area contributed by atoms with Crippen molar-refractivity contribution in [1.29, 1.82) is 0 Å². The van der Waals surface area contributed by atoms with Gasteiger partial charge in [0.05, 0.1) is 0 Å². The van der Waals surface area contributed by atoms with Crippen molar-refractivity contribution in [3.8, 4) is 0 Å². The molecule has 0 atom stereocenters. The van der Waals surface area contributed by atoms with E-state index < -0.39 is 0 Å². The Morgan fingerprint density at radius 3 is 2.33 bits per heavy atom. The average Bonchev–Trinajstić information content (AvgIpc) is 2.67. The second kappa shape index (κ2) is 12.9. The minimum absolute atomic E-state index is 0. The van der Waals surface area contributed by atoms with Gasteiger partial charge in [-0.3, -0.25) is 9.59 Å². The molecule has 1 aromatic rings. The predicted octanol–water partition coefficient (Wildman–Crippen LogP) is 4.26. The number of piperidine rings is 1. The van der Waals surface area contributed by atoms with E-state index in [1.165, 1.54) is 24.8 Å². The van der Waals surface area contributed by atoms with Crippen molar-refractivity contribution < 1.29 is 9.59 Å². The van der Waals surface area contributed by atoms with E-state index >= 15 is 0 Å². The summed E-state index contributed by atoms with van der Waals surface area (Å²) in [6.45, 7) is 4.88. The summed E-state index contributed by atoms with van der Waals surface area (Å²) in [5.74, 6) is 0.863. The van der Waals surface area contributed by atoms with E-state index in [0.29, 0.717) is 18.8 Å². The normalized spacial score (nSPS) is 14.7. The number of nitrogens with one attached hydrogen (secondary N) is 1. The quantitative estimate of drug-likeness (QED) is 0.476. The summed E-state index contributed by atoms with van der Waals surface area (Å²) in [7, 11) is 1.97. The molecule has 5 heteroatoms. The molecule has 0 bridgehead atoms. The van der Waals surface area contributed by atoms with Gasteiger partial charge in [-0.15, -0.1) is 12.4 Å². The molecule has 1 heterocycles. The Kier molecular flexibility index (Phi) is 11.3. The number of carbonyl (C=O) groups excluding carboxylic acids is 2. The number of amides is 1. The van der Waals surface area contributed by atoms with Crippen LogP contribution in [0.15, 0.2) is 24.3 Å². The number of benzene rings is 1. The van der Waals surface area contributed by atoms with Crippen LogP contribution >= 0.6 is 12.4 Å². The highest BCUT2D eigenvalue weighted by Gasteiger charge is 2.22. The van der Waals surface area contributed by atoms with Crippen molar-refractivity contribution in [3.63, 3.8) is 0 Å². The van der Waals surface area contributed by atoms with E-state index in [1.807, 2.05) is 24.1 Å². The van der Waals surface area contributed by atoms with Crippen molar-refractivity contribution in [2.75, 3.05) is 26.7 Å². The van der Waals surface area contributed by atoms with Gasteiger partial charge < -0.3 is 10.2 Å². The Bertz CT molecular complexity index is 566. The smallest absolute Gasteiger partial charge is 0.223 e. The highest BCUT2D eigenvalue weighted by molar-refractivity contribution is 5.98. The number of aryl methyl sites for hydroxylation is 1. The first kappa shape index (κ1) is 23.6. The third-order valence-electron chi connectivity index (χ3n) is 5.37. The van der Waals surface area contributed by atoms with E-state index in [4.69, 9.17) is 0 Å². The first-order valence-corrected chi connectivity index (χ1v) is 10.2. The molecule has 1 aliphatic rings. The van der Waals surface area contributed by atoms with Gasteiger partial charge in [0.1, 0.15) is 0 Å². The summed E-state index contributed by atoms with van der Waals surface area (Å²) < 4.78 is 0. The van der Waals surface area contributed by atoms with Crippen molar-refractivity contribution in [3.05, 3.63) is 35.4 Å². The molecular formula is C22H35ClN2O2. The molecule has 27 heavy (non-hydrogen) atoms. The number of unbranched alkanes of at least 4 members (excludes halogenated alkanes) is 2. The first-order valence-electron chi connectivity index (χ1n) is 10.2. The molecule has 1 aliphatic heterocycles. The zero-order valence-corrected chi connectivity index (χ0v) is 17.7. The lowest BCUT2D eigenvalue weighted by Crippen LogP contribution is -2.40. The van der Waals surface area contributed by atoms with Crippen LogP contribution in [0.5, 0.6) is 0 Å². The maximum atomic E-state index is 12.4. The molecule has 1 aromatic carbocycles. The Hall–Kier alpha value is -1.39. The van der Waals surface area contributed by atoms with Crippen LogP contribution < -0.4 is 5.32 Å². The third-order valence-corrected chi connectivity index (χ3v) is 5.37. The van der Waals surface area contributed by atoms with Crippen LogP contribution in [0.4, 0.5) is 0 Å². The second-order valence-corrected chi connectivity index (χ2v) is 7.46. The van der Waals surface area contributed by atoms with E-state index in [9.17, 15) is 9.59 Å². The molecular weight excluding hydrogens is 360 g/mol. The van der Waals surface area contributed by atoms with Gasteiger partial charge in [-0.05, 0) is 50.8 Å². The lowest BCUT2D eigenvalue weighted by molar-refractivity contribution is -0.132. The van der Waals surface area contributed by atoms with Crippen molar-refractivity contribution in [1.82, 2.24) is 10.2 Å². The van der Waals surface area contributed by atoms with E-state index in [0.717, 1.165) is 44.5 Å². The monoisotopic (exact) mass is 394 g/mol. The zero-order chi connectivity index (χ0) is 18.8. The standard InChI is InChI=1S/C22H34N2O2.ClH/c1-3-4-5-6-18-7-9-20(10-8-18)21(25)11-12-22(26)24-15-13-19(14-16-24)17-23-2;/h7-10,19,23H,3-6,11-17H2,1-2H3;1H. The second-order valence-electron chi connectivity index (χ2n) is 7.46. The average molecular weight is 395 g/mol. The highest BCUT2D eigenvalue weighted by Crippen LogP contribution is 2.18. The number of rotatable bonds is 10. The van der Waals surface area contributed by atoms with Crippen LogP contribution in [-0.2, 0) is 11.2 Å². The van der Waals surface area contributed by atoms with Crippen LogP contribution in [0.3, 0.4) is 0 Å². The van der Waals surface area contributed by atoms with Gasteiger partial charge in [-0.2, -0.15) is 0 Å². The molecule has 0 radical (unpaired) electrons. The number of likely N-dealkylation sites (tertiary alicyclic amines) is 1. The third kappa shape index (κ3) is 8.02. The number of nitrogens with zero attached hydrogens (tertiary/aromatic N) is 1. The largest absolute Gasteiger partial charge is 0.343 e. The number of carbonyl (C=O) groups is 2. The van der Waals surface area contributed by atoms with Gasteiger partial charge in [0.2, 0.25) is 5.91 Å². The fraction of sp³-hybridized carbons (Fsp3) is 0.636. The lowest BCUT2D eigenvalue weighted by atomic mass is 9.96. The number of Topliss-reactive ketones (excluding diaryl/α,β-unsaturated/α-hetero) is 1. The maximum Gasteiger partial charge on any atom is 0.223 e. The molecule has 0 aromatic heterocycles. The molecule has 152 valence electrons. The van der Waals surface area contributed by atoms with Crippen molar-refractivity contribution >= 4 is 24.1 Å². The van der Waals surface area contributed by atoms with Gasteiger partial charge in [-0.1, -0.05) is 44.0 Å². The molecule has 0 unspecified atom stereocenters. The van der Waals surface area contributed by atoms with Gasteiger partial charge in [0, 0.05) is 31.5 Å². The minimum atomic E-state index is 0. The Balaban J connectivity index is 0.00000364. The number of hydrogen-bond acceptors (Lipinski definition) is 3. The van der Waals surface area contributed by atoms with E-state index in [2.05, 4.69) is 24.4 Å². The summed E-state index contributed by atoms with van der Waals surface area (Å²) in [5, 5.41) is 3.21. The molecule has 1 amide bonds. The van der Waals surface area contributed by atoms with Gasteiger partial charge >= 0.3 is 0 Å². The maximum absolute atomic E-state index is 12.4. The predicted molar refractivity (Wildman–Crippen MR) is 114 cm³/mol. The summed E-state index contributed by atoms with van der Waals surface area (Å²) in [6, 6.07) is 7.93. The molecule has 0 spiro atoms. The van der Waals surface area contributed by atoms with Gasteiger partial charge in [0.25, 0.3) is 0 Å². The topological polar surface area (TPSA) is 49.4 Å². The van der Waals surface area contributed by atoms with E-state index in [-0.39, 0.29) is 24.1 Å². The Morgan fingerprint density at radius 2 is 1.74 bits per heavy atom. The number of ketones is 1. The van der Waals surface area contributed by atoms with Gasteiger partial charge in [0.15, 0.2) is 5.78 Å². The minimum Gasteiger partial charge on any atom is -0.343 e. The Morgan fingerprint density at radius 1 is 1.07 bits per heavy atom. The van der Waals surface area contributed by atoms with E-state index in [1.54, 1.807) is 0 Å². The molecule has 2 rings (SSSR count). The van der Waals surface area contributed by atoms with Crippen LogP contribution in [0.2, 0.25) is 0 Å². The SMILES string of the molecule is CCCCCc1ccc(C(=O)CCC(=O)N2CCC(CNC)CC2)cc1.Cl. The molecule has 1 fully saturated rings. The highest BCUT2D eigenvalue weighted by atomic mass is 35.5. The fourth-order valence-electron chi connectivity index (χ4n) is 3.63. The molecule has 0 saturated carbocycles. The van der Waals surface area contributed by atoms with Crippen LogP contribution in [0, 0.1) is 5.92 Å². The van der Waals surface area contributed by atoms with Crippen molar-refractivity contribution in [2.24, 2.45) is 5.92 Å². The number of hydrogen-bond donors (Lipinski definition) is 1. The Labute approximate surface area is 170 Å². The zero-order valence-electron chi connectivity index (χ0n) is 16.8.